The fourth-order valence-electron chi connectivity index (χ4n) is 3.95. The molecule has 0 unspecified atom stereocenters. The predicted octanol–water partition coefficient (Wildman–Crippen LogP) is 2.40. The minimum atomic E-state index is -0.766. The Kier molecular flexibility index (Phi) is 6.72. The Morgan fingerprint density at radius 2 is 1.81 bits per heavy atom. The molecule has 0 heterocycles. The van der Waals surface area contributed by atoms with Crippen molar-refractivity contribution in [3.05, 3.63) is 35.9 Å². The van der Waals surface area contributed by atoms with E-state index >= 15 is 0 Å². The summed E-state index contributed by atoms with van der Waals surface area (Å²) in [4.78, 5) is 27.7. The molecule has 148 valence electrons. The van der Waals surface area contributed by atoms with E-state index in [1.54, 1.807) is 0 Å². The molecule has 0 aliphatic heterocycles. The van der Waals surface area contributed by atoms with Gasteiger partial charge < -0.3 is 16.0 Å². The zero-order valence-electron chi connectivity index (χ0n) is 16.3. The highest BCUT2D eigenvalue weighted by atomic mass is 16.2. The Balaban J connectivity index is 1.48. The number of carbonyl (C=O) groups excluding carboxylic acids is 2. The summed E-state index contributed by atoms with van der Waals surface area (Å²) in [5, 5.41) is 8.92. The lowest BCUT2D eigenvalue weighted by atomic mass is 9.96. The molecular formula is C21H32N4O2. The van der Waals surface area contributed by atoms with Crippen molar-refractivity contribution in [1.82, 2.24) is 20.9 Å². The number of amides is 3. The molecule has 0 saturated heterocycles. The molecule has 6 nitrogen and oxygen atoms in total. The Bertz CT molecular complexity index is 624. The molecule has 0 aromatic heterocycles. The highest BCUT2D eigenvalue weighted by Gasteiger charge is 2.42. The van der Waals surface area contributed by atoms with Crippen LogP contribution >= 0.6 is 0 Å². The minimum absolute atomic E-state index is 0.0401. The van der Waals surface area contributed by atoms with Crippen LogP contribution in [0.1, 0.15) is 51.0 Å². The van der Waals surface area contributed by atoms with Crippen molar-refractivity contribution in [2.75, 3.05) is 19.6 Å². The van der Waals surface area contributed by atoms with Gasteiger partial charge in [-0.1, -0.05) is 50.1 Å². The summed E-state index contributed by atoms with van der Waals surface area (Å²) in [5.41, 5.74) is 0.273. The van der Waals surface area contributed by atoms with Gasteiger partial charge in [-0.15, -0.1) is 0 Å². The van der Waals surface area contributed by atoms with Crippen molar-refractivity contribution < 1.29 is 9.59 Å². The maximum atomic E-state index is 12.9. The molecular weight excluding hydrogens is 340 g/mol. The monoisotopic (exact) mass is 372 g/mol. The van der Waals surface area contributed by atoms with Crippen LogP contribution in [-0.4, -0.2) is 48.1 Å². The summed E-state index contributed by atoms with van der Waals surface area (Å²) in [6.07, 6.45) is 5.89. The molecule has 1 aromatic rings. The van der Waals surface area contributed by atoms with Crippen molar-refractivity contribution in [2.45, 2.75) is 63.6 Å². The topological polar surface area (TPSA) is 73.5 Å². The van der Waals surface area contributed by atoms with E-state index in [0.717, 1.165) is 31.5 Å². The molecule has 0 radical (unpaired) electrons. The number of benzene rings is 1. The second-order valence-corrected chi connectivity index (χ2v) is 7.70. The third-order valence-corrected chi connectivity index (χ3v) is 5.69. The lowest BCUT2D eigenvalue weighted by molar-refractivity contribution is -0.127. The van der Waals surface area contributed by atoms with Gasteiger partial charge >= 0.3 is 6.03 Å². The first kappa shape index (κ1) is 19.7. The quantitative estimate of drug-likeness (QED) is 0.623. The molecule has 3 rings (SSSR count). The molecule has 3 amide bonds. The molecule has 6 heteroatoms. The Labute approximate surface area is 162 Å². The van der Waals surface area contributed by atoms with Crippen LogP contribution in [-0.2, 0) is 11.3 Å². The second-order valence-electron chi connectivity index (χ2n) is 7.70. The number of carbonyl (C=O) groups is 2. The number of hydrogen-bond acceptors (Lipinski definition) is 3. The van der Waals surface area contributed by atoms with E-state index in [4.69, 9.17) is 0 Å². The van der Waals surface area contributed by atoms with E-state index in [1.165, 1.54) is 12.8 Å². The summed E-state index contributed by atoms with van der Waals surface area (Å²) in [6.45, 7) is 5.15. The van der Waals surface area contributed by atoms with E-state index in [2.05, 4.69) is 27.8 Å². The van der Waals surface area contributed by atoms with Crippen LogP contribution in [0.2, 0.25) is 0 Å². The van der Waals surface area contributed by atoms with Gasteiger partial charge in [0, 0.05) is 25.7 Å². The van der Waals surface area contributed by atoms with Gasteiger partial charge in [-0.3, -0.25) is 9.69 Å². The van der Waals surface area contributed by atoms with Gasteiger partial charge in [0.15, 0.2) is 0 Å². The van der Waals surface area contributed by atoms with Crippen LogP contribution in [0, 0.1) is 0 Å². The van der Waals surface area contributed by atoms with Crippen molar-refractivity contribution in [2.24, 2.45) is 0 Å². The van der Waals surface area contributed by atoms with Gasteiger partial charge in [-0.05, 0) is 37.8 Å². The summed E-state index contributed by atoms with van der Waals surface area (Å²) < 4.78 is 0. The summed E-state index contributed by atoms with van der Waals surface area (Å²) in [5.74, 6) is -0.0401. The zero-order valence-corrected chi connectivity index (χ0v) is 16.3. The van der Waals surface area contributed by atoms with E-state index in [9.17, 15) is 9.59 Å². The number of nitrogens with one attached hydrogen (secondary N) is 3. The van der Waals surface area contributed by atoms with Crippen molar-refractivity contribution in [3.8, 4) is 0 Å². The molecule has 0 spiro atoms. The van der Waals surface area contributed by atoms with Gasteiger partial charge in [0.05, 0.1) is 0 Å². The van der Waals surface area contributed by atoms with Gasteiger partial charge in [0.2, 0.25) is 5.91 Å². The largest absolute Gasteiger partial charge is 0.353 e. The summed E-state index contributed by atoms with van der Waals surface area (Å²) in [7, 11) is 0. The van der Waals surface area contributed by atoms with E-state index < -0.39 is 5.54 Å². The number of rotatable bonds is 9. The van der Waals surface area contributed by atoms with Crippen molar-refractivity contribution in [1.29, 1.82) is 0 Å². The van der Waals surface area contributed by atoms with Gasteiger partial charge in [0.25, 0.3) is 0 Å². The average molecular weight is 373 g/mol. The Morgan fingerprint density at radius 3 is 2.44 bits per heavy atom. The van der Waals surface area contributed by atoms with Gasteiger partial charge in [-0.2, -0.15) is 0 Å². The highest BCUT2D eigenvalue weighted by molar-refractivity contribution is 5.91. The lowest BCUT2D eigenvalue weighted by Crippen LogP contribution is -2.59. The van der Waals surface area contributed by atoms with Crippen molar-refractivity contribution >= 4 is 11.9 Å². The standard InChI is InChI=1S/C21H32N4O2/c1-2-25(18-10-11-18)15-14-22-19(26)21(12-6-7-13-21)24-20(27)23-16-17-8-4-3-5-9-17/h3-5,8-9,18H,2,6-7,10-16H2,1H3,(H,22,26)(H2,23,24,27). The van der Waals surface area contributed by atoms with Crippen LogP contribution in [0.5, 0.6) is 0 Å². The number of nitrogens with zero attached hydrogens (tertiary/aromatic N) is 1. The molecule has 2 fully saturated rings. The maximum absolute atomic E-state index is 12.9. The van der Waals surface area contributed by atoms with E-state index in [-0.39, 0.29) is 11.9 Å². The molecule has 1 aromatic carbocycles. The molecule has 0 atom stereocenters. The van der Waals surface area contributed by atoms with E-state index in [0.29, 0.717) is 32.0 Å². The molecule has 2 saturated carbocycles. The van der Waals surface area contributed by atoms with Crippen LogP contribution in [0.4, 0.5) is 4.79 Å². The highest BCUT2D eigenvalue weighted by Crippen LogP contribution is 2.30. The fraction of sp³-hybridized carbons (Fsp3) is 0.619. The number of urea groups is 1. The van der Waals surface area contributed by atoms with Gasteiger partial charge in [-0.25, -0.2) is 4.79 Å². The van der Waals surface area contributed by atoms with Crippen molar-refractivity contribution in [3.63, 3.8) is 0 Å². The maximum Gasteiger partial charge on any atom is 0.315 e. The molecule has 2 aliphatic rings. The summed E-state index contributed by atoms with van der Waals surface area (Å²) >= 11 is 0. The third kappa shape index (κ3) is 5.45. The van der Waals surface area contributed by atoms with Gasteiger partial charge in [0.1, 0.15) is 5.54 Å². The number of hydrogen-bond donors (Lipinski definition) is 3. The Hall–Kier alpha value is -2.08. The predicted molar refractivity (Wildman–Crippen MR) is 106 cm³/mol. The lowest BCUT2D eigenvalue weighted by Gasteiger charge is -2.30. The smallest absolute Gasteiger partial charge is 0.315 e. The van der Waals surface area contributed by atoms with Crippen LogP contribution in [0.3, 0.4) is 0 Å². The van der Waals surface area contributed by atoms with Crippen LogP contribution in [0.15, 0.2) is 30.3 Å². The fourth-order valence-corrected chi connectivity index (χ4v) is 3.95. The van der Waals surface area contributed by atoms with E-state index in [1.807, 2.05) is 30.3 Å². The Morgan fingerprint density at radius 1 is 1.11 bits per heavy atom. The molecule has 0 bridgehead atoms. The second kappa shape index (κ2) is 9.22. The third-order valence-electron chi connectivity index (χ3n) is 5.69. The first-order chi connectivity index (χ1) is 13.1. The number of likely N-dealkylation sites (N-methyl/N-ethyl adjacent to an activating group) is 1. The SMILES string of the molecule is CCN(CCNC(=O)C1(NC(=O)NCc2ccccc2)CCCC1)C1CC1. The first-order valence-electron chi connectivity index (χ1n) is 10.3. The average Bonchev–Trinajstić information content (AvgIpc) is 3.42. The molecule has 3 N–H and O–H groups in total. The normalized spacial score (nSPS) is 18.3. The van der Waals surface area contributed by atoms with Crippen LogP contribution < -0.4 is 16.0 Å². The first-order valence-corrected chi connectivity index (χ1v) is 10.3. The molecule has 27 heavy (non-hydrogen) atoms. The minimum Gasteiger partial charge on any atom is -0.353 e. The van der Waals surface area contributed by atoms with Crippen LogP contribution in [0.25, 0.3) is 0 Å². The summed E-state index contributed by atoms with van der Waals surface area (Å²) in [6, 6.07) is 10.2. The molecule has 2 aliphatic carbocycles. The zero-order chi connectivity index (χ0) is 19.1.